The van der Waals surface area contributed by atoms with Crippen molar-refractivity contribution in [1.29, 1.82) is 0 Å². The van der Waals surface area contributed by atoms with Crippen LogP contribution in [0.4, 0.5) is 4.39 Å². The molecule has 0 aliphatic carbocycles. The Morgan fingerprint density at radius 1 is 1.13 bits per heavy atom. The number of hydrogen-bond acceptors (Lipinski definition) is 5. The number of nitrogens with zero attached hydrogens (tertiary/aromatic N) is 3. The molecule has 2 N–H and O–H groups in total. The Morgan fingerprint density at radius 3 is 2.77 bits per heavy atom. The summed E-state index contributed by atoms with van der Waals surface area (Å²) in [5, 5.41) is 12.8. The summed E-state index contributed by atoms with van der Waals surface area (Å²) in [6.07, 6.45) is 4.36. The molecule has 2 heterocycles. The van der Waals surface area contributed by atoms with Crippen molar-refractivity contribution < 1.29 is 9.50 Å². The van der Waals surface area contributed by atoms with Gasteiger partial charge < -0.3 is 10.4 Å². The van der Waals surface area contributed by atoms with Gasteiger partial charge >= 0.3 is 0 Å². The van der Waals surface area contributed by atoms with E-state index in [2.05, 4.69) is 22.1 Å². The van der Waals surface area contributed by atoms with E-state index < -0.39 is 0 Å². The van der Waals surface area contributed by atoms with E-state index in [1.807, 2.05) is 24.3 Å². The third-order valence-corrected chi connectivity index (χ3v) is 5.86. The molecule has 0 amide bonds. The van der Waals surface area contributed by atoms with E-state index in [-0.39, 0.29) is 11.6 Å². The van der Waals surface area contributed by atoms with Gasteiger partial charge in [-0.1, -0.05) is 12.1 Å². The number of phenols is 1. The predicted octanol–water partition coefficient (Wildman–Crippen LogP) is 3.96. The van der Waals surface area contributed by atoms with Gasteiger partial charge in [0.1, 0.15) is 17.4 Å². The van der Waals surface area contributed by atoms with Crippen LogP contribution in [0.1, 0.15) is 30.3 Å². The van der Waals surface area contributed by atoms with Crippen LogP contribution in [0, 0.1) is 5.82 Å². The molecule has 2 aromatic carbocycles. The van der Waals surface area contributed by atoms with Crippen molar-refractivity contribution in [3.8, 4) is 17.0 Å². The van der Waals surface area contributed by atoms with Gasteiger partial charge in [0, 0.05) is 56.0 Å². The standard InChI is InChI=1S/C25H29FN4O/c1-18-16-27-13-14-30(18)17-21-15-20(7-10-23(21)26)24-11-12-28-25(29-24)4-2-3-19-5-8-22(31)9-6-19/h5-12,15,18,27,31H,2-4,13-14,16-17H2,1H3/t18-/m0/s1. The molecule has 1 atom stereocenters. The largest absolute Gasteiger partial charge is 0.508 e. The van der Waals surface area contributed by atoms with E-state index in [0.29, 0.717) is 18.2 Å². The molecule has 4 rings (SSSR count). The fourth-order valence-electron chi connectivity index (χ4n) is 3.99. The number of aromatic hydroxyl groups is 1. The first kappa shape index (κ1) is 21.4. The van der Waals surface area contributed by atoms with Gasteiger partial charge in [-0.3, -0.25) is 4.90 Å². The fourth-order valence-corrected chi connectivity index (χ4v) is 3.99. The van der Waals surface area contributed by atoms with Crippen molar-refractivity contribution in [2.24, 2.45) is 0 Å². The molecule has 0 unspecified atom stereocenters. The average Bonchev–Trinajstić information content (AvgIpc) is 2.78. The topological polar surface area (TPSA) is 61.3 Å². The number of aryl methyl sites for hydroxylation is 2. The van der Waals surface area contributed by atoms with Gasteiger partial charge in [-0.25, -0.2) is 14.4 Å². The van der Waals surface area contributed by atoms with Gasteiger partial charge in [0.15, 0.2) is 0 Å². The molecular formula is C25H29FN4O. The minimum atomic E-state index is -0.169. The number of phenolic OH excluding ortho intramolecular Hbond substituents is 1. The molecule has 0 saturated carbocycles. The number of nitrogens with one attached hydrogen (secondary N) is 1. The van der Waals surface area contributed by atoms with Gasteiger partial charge in [-0.15, -0.1) is 0 Å². The summed E-state index contributed by atoms with van der Waals surface area (Å²) in [6, 6.07) is 14.8. The molecule has 1 fully saturated rings. The van der Waals surface area contributed by atoms with E-state index in [1.54, 1.807) is 30.5 Å². The Bertz CT molecular complexity index is 1010. The number of rotatable bonds is 7. The first-order valence-corrected chi connectivity index (χ1v) is 10.9. The van der Waals surface area contributed by atoms with Crippen LogP contribution >= 0.6 is 0 Å². The van der Waals surface area contributed by atoms with Gasteiger partial charge in [-0.2, -0.15) is 0 Å². The molecule has 1 aliphatic heterocycles. The SMILES string of the molecule is C[C@H]1CNCCN1Cc1cc(-c2ccnc(CCCc3ccc(O)cc3)n2)ccc1F. The lowest BCUT2D eigenvalue weighted by molar-refractivity contribution is 0.164. The van der Waals surface area contributed by atoms with Crippen molar-refractivity contribution >= 4 is 0 Å². The van der Waals surface area contributed by atoms with E-state index in [9.17, 15) is 9.50 Å². The van der Waals surface area contributed by atoms with Crippen LogP contribution in [0.25, 0.3) is 11.3 Å². The Labute approximate surface area is 183 Å². The number of benzene rings is 2. The summed E-state index contributed by atoms with van der Waals surface area (Å²) in [4.78, 5) is 11.4. The number of piperazine rings is 1. The second-order valence-electron chi connectivity index (χ2n) is 8.21. The zero-order valence-corrected chi connectivity index (χ0v) is 17.9. The molecule has 1 aliphatic rings. The zero-order chi connectivity index (χ0) is 21.6. The van der Waals surface area contributed by atoms with Crippen molar-refractivity contribution in [2.75, 3.05) is 19.6 Å². The summed E-state index contributed by atoms with van der Waals surface area (Å²) in [6.45, 7) is 5.56. The maximum absolute atomic E-state index is 14.5. The average molecular weight is 421 g/mol. The first-order chi connectivity index (χ1) is 15.1. The van der Waals surface area contributed by atoms with Crippen molar-refractivity contribution in [3.63, 3.8) is 0 Å². The molecule has 31 heavy (non-hydrogen) atoms. The minimum Gasteiger partial charge on any atom is -0.508 e. The smallest absolute Gasteiger partial charge is 0.128 e. The summed E-state index contributed by atoms with van der Waals surface area (Å²) >= 11 is 0. The van der Waals surface area contributed by atoms with E-state index in [0.717, 1.165) is 56.0 Å². The van der Waals surface area contributed by atoms with Crippen LogP contribution in [-0.4, -0.2) is 45.7 Å². The minimum absolute atomic E-state index is 0.169. The van der Waals surface area contributed by atoms with E-state index in [4.69, 9.17) is 4.98 Å². The molecule has 0 radical (unpaired) electrons. The highest BCUT2D eigenvalue weighted by Gasteiger charge is 2.19. The molecule has 6 heteroatoms. The van der Waals surface area contributed by atoms with Gasteiger partial charge in [0.05, 0.1) is 5.69 Å². The van der Waals surface area contributed by atoms with Crippen LogP contribution < -0.4 is 5.32 Å². The maximum atomic E-state index is 14.5. The lowest BCUT2D eigenvalue weighted by Crippen LogP contribution is -2.49. The molecule has 162 valence electrons. The second kappa shape index (κ2) is 9.98. The van der Waals surface area contributed by atoms with Crippen LogP contribution in [0.5, 0.6) is 5.75 Å². The van der Waals surface area contributed by atoms with Gasteiger partial charge in [-0.05, 0) is 61.7 Å². The monoisotopic (exact) mass is 420 g/mol. The summed E-state index contributed by atoms with van der Waals surface area (Å²) in [7, 11) is 0. The molecule has 5 nitrogen and oxygen atoms in total. The molecular weight excluding hydrogens is 391 g/mol. The molecule has 3 aromatic rings. The number of hydrogen-bond donors (Lipinski definition) is 2. The van der Waals surface area contributed by atoms with E-state index >= 15 is 0 Å². The highest BCUT2D eigenvalue weighted by molar-refractivity contribution is 5.59. The summed E-state index contributed by atoms with van der Waals surface area (Å²) < 4.78 is 14.5. The van der Waals surface area contributed by atoms with Crippen molar-refractivity contribution in [3.05, 3.63) is 77.5 Å². The Hall–Kier alpha value is -2.83. The third-order valence-electron chi connectivity index (χ3n) is 5.86. The highest BCUT2D eigenvalue weighted by atomic mass is 19.1. The first-order valence-electron chi connectivity index (χ1n) is 10.9. The van der Waals surface area contributed by atoms with Crippen molar-refractivity contribution in [1.82, 2.24) is 20.2 Å². The summed E-state index contributed by atoms with van der Waals surface area (Å²) in [5.41, 5.74) is 3.63. The van der Waals surface area contributed by atoms with Gasteiger partial charge in [0.2, 0.25) is 0 Å². The molecule has 0 bridgehead atoms. The maximum Gasteiger partial charge on any atom is 0.128 e. The lowest BCUT2D eigenvalue weighted by Gasteiger charge is -2.34. The Morgan fingerprint density at radius 2 is 1.97 bits per heavy atom. The second-order valence-corrected chi connectivity index (χ2v) is 8.21. The van der Waals surface area contributed by atoms with Crippen LogP contribution in [-0.2, 0) is 19.4 Å². The van der Waals surface area contributed by atoms with Crippen LogP contribution in [0.3, 0.4) is 0 Å². The van der Waals surface area contributed by atoms with Crippen LogP contribution in [0.2, 0.25) is 0 Å². The summed E-state index contributed by atoms with van der Waals surface area (Å²) in [5.74, 6) is 0.903. The van der Waals surface area contributed by atoms with Crippen molar-refractivity contribution in [2.45, 2.75) is 38.8 Å². The Kier molecular flexibility index (Phi) is 6.89. The fraction of sp³-hybridized carbons (Fsp3) is 0.360. The normalized spacial score (nSPS) is 17.0. The van der Waals surface area contributed by atoms with E-state index in [1.165, 1.54) is 5.56 Å². The number of halogens is 1. The lowest BCUT2D eigenvalue weighted by atomic mass is 10.1. The van der Waals surface area contributed by atoms with Gasteiger partial charge in [0.25, 0.3) is 0 Å². The quantitative estimate of drug-likeness (QED) is 0.606. The predicted molar refractivity (Wildman–Crippen MR) is 120 cm³/mol. The molecule has 0 spiro atoms. The highest BCUT2D eigenvalue weighted by Crippen LogP contribution is 2.23. The molecule has 1 saturated heterocycles. The number of aromatic nitrogens is 2. The Balaban J connectivity index is 1.43. The third kappa shape index (κ3) is 5.66. The van der Waals surface area contributed by atoms with Crippen LogP contribution in [0.15, 0.2) is 54.7 Å². The molecule has 1 aromatic heterocycles. The zero-order valence-electron chi connectivity index (χ0n) is 17.9.